The summed E-state index contributed by atoms with van der Waals surface area (Å²) in [6.07, 6.45) is 1.78. The third kappa shape index (κ3) is 5.29. The highest BCUT2D eigenvalue weighted by atomic mass is 32.1. The molecule has 0 radical (unpaired) electrons. The molecule has 7 heteroatoms. The van der Waals surface area contributed by atoms with Crippen LogP contribution in [0.5, 0.6) is 5.75 Å². The van der Waals surface area contributed by atoms with E-state index in [-0.39, 0.29) is 6.61 Å². The smallest absolute Gasteiger partial charge is 0.340 e. The Morgan fingerprint density at radius 3 is 2.41 bits per heavy atom. The summed E-state index contributed by atoms with van der Waals surface area (Å²) in [4.78, 5) is 26.3. The van der Waals surface area contributed by atoms with Gasteiger partial charge in [0, 0.05) is 15.4 Å². The van der Waals surface area contributed by atoms with Gasteiger partial charge in [0.2, 0.25) is 0 Å². The summed E-state index contributed by atoms with van der Waals surface area (Å²) in [6, 6.07) is 14.5. The molecular weight excluding hydrogens is 382 g/mol. The molecule has 0 aliphatic heterocycles. The minimum absolute atomic E-state index is 0.363. The second kappa shape index (κ2) is 9.16. The highest BCUT2D eigenvalue weighted by molar-refractivity contribution is 7.12. The van der Waals surface area contributed by atoms with E-state index in [4.69, 9.17) is 9.47 Å². The van der Waals surface area contributed by atoms with Crippen LogP contribution in [0.15, 0.2) is 59.3 Å². The van der Waals surface area contributed by atoms with Crippen LogP contribution < -0.4 is 10.1 Å². The number of benzene rings is 1. The van der Waals surface area contributed by atoms with Crippen molar-refractivity contribution in [1.82, 2.24) is 0 Å². The topological polar surface area (TPSA) is 64.6 Å². The van der Waals surface area contributed by atoms with Crippen LogP contribution in [0.2, 0.25) is 0 Å². The van der Waals surface area contributed by atoms with Crippen LogP contribution in [-0.4, -0.2) is 25.6 Å². The Hall–Kier alpha value is -2.90. The predicted octanol–water partition coefficient (Wildman–Crippen LogP) is 4.54. The molecule has 0 unspecified atom stereocenters. The number of thiophene rings is 2. The van der Waals surface area contributed by atoms with Gasteiger partial charge < -0.3 is 14.8 Å². The Labute approximate surface area is 164 Å². The van der Waals surface area contributed by atoms with Crippen LogP contribution >= 0.6 is 22.7 Å². The number of amides is 1. The van der Waals surface area contributed by atoms with Crippen molar-refractivity contribution < 1.29 is 19.1 Å². The van der Waals surface area contributed by atoms with Crippen LogP contribution in [0.25, 0.3) is 11.6 Å². The second-order valence-electron chi connectivity index (χ2n) is 5.40. The molecule has 0 spiro atoms. The van der Waals surface area contributed by atoms with E-state index in [9.17, 15) is 9.59 Å². The zero-order valence-corrected chi connectivity index (χ0v) is 16.1. The Morgan fingerprint density at radius 1 is 1.04 bits per heavy atom. The molecule has 1 N–H and O–H groups in total. The van der Waals surface area contributed by atoms with Crippen molar-refractivity contribution in [2.24, 2.45) is 0 Å². The zero-order valence-electron chi connectivity index (χ0n) is 14.5. The number of methoxy groups -OCH3 is 1. The van der Waals surface area contributed by atoms with E-state index < -0.39 is 11.9 Å². The van der Waals surface area contributed by atoms with Gasteiger partial charge in [-0.3, -0.25) is 4.79 Å². The molecule has 2 aromatic heterocycles. The summed E-state index contributed by atoms with van der Waals surface area (Å²) >= 11 is 2.97. The number of hydrogen-bond donors (Lipinski definition) is 1. The van der Waals surface area contributed by atoms with Gasteiger partial charge in [-0.1, -0.05) is 12.1 Å². The minimum Gasteiger partial charge on any atom is -0.497 e. The number of hydrogen-bond acceptors (Lipinski definition) is 6. The first-order valence-corrected chi connectivity index (χ1v) is 9.82. The molecule has 27 heavy (non-hydrogen) atoms. The highest BCUT2D eigenvalue weighted by Gasteiger charge is 2.17. The Balaban J connectivity index is 1.62. The van der Waals surface area contributed by atoms with E-state index in [2.05, 4.69) is 5.32 Å². The predicted molar refractivity (Wildman–Crippen MR) is 109 cm³/mol. The zero-order chi connectivity index (χ0) is 19.1. The monoisotopic (exact) mass is 399 g/mol. The summed E-state index contributed by atoms with van der Waals surface area (Å²) in [6.45, 7) is -0.363. The first-order chi connectivity index (χ1) is 13.2. The third-order valence-electron chi connectivity index (χ3n) is 3.54. The van der Waals surface area contributed by atoms with Crippen molar-refractivity contribution in [3.05, 3.63) is 69.0 Å². The SMILES string of the molecule is COc1ccc(NC(=O)COC(=O)/C(=C/c2cccs2)c2cccs2)cc1. The molecule has 0 saturated heterocycles. The minimum atomic E-state index is -0.532. The van der Waals surface area contributed by atoms with Gasteiger partial charge in [0.05, 0.1) is 12.7 Å². The molecule has 3 rings (SSSR count). The highest BCUT2D eigenvalue weighted by Crippen LogP contribution is 2.25. The number of esters is 1. The summed E-state index contributed by atoms with van der Waals surface area (Å²) in [5.74, 6) is -0.246. The molecule has 0 fully saturated rings. The van der Waals surface area contributed by atoms with E-state index in [1.54, 1.807) is 37.5 Å². The number of nitrogens with one attached hydrogen (secondary N) is 1. The number of ether oxygens (including phenoxy) is 2. The lowest BCUT2D eigenvalue weighted by atomic mass is 10.2. The number of carbonyl (C=O) groups is 2. The lowest BCUT2D eigenvalue weighted by Gasteiger charge is -2.08. The van der Waals surface area contributed by atoms with Gasteiger partial charge in [-0.2, -0.15) is 0 Å². The van der Waals surface area contributed by atoms with Crippen molar-refractivity contribution >= 4 is 51.9 Å². The molecule has 138 valence electrons. The van der Waals surface area contributed by atoms with Crippen molar-refractivity contribution in [1.29, 1.82) is 0 Å². The lowest BCUT2D eigenvalue weighted by molar-refractivity contribution is -0.141. The van der Waals surface area contributed by atoms with Gasteiger partial charge in [-0.15, -0.1) is 22.7 Å². The number of carbonyl (C=O) groups excluding carboxylic acids is 2. The van der Waals surface area contributed by atoms with Crippen molar-refractivity contribution in [2.45, 2.75) is 0 Å². The van der Waals surface area contributed by atoms with Crippen LogP contribution in [-0.2, 0) is 14.3 Å². The maximum atomic E-state index is 12.5. The van der Waals surface area contributed by atoms with Gasteiger partial charge in [-0.25, -0.2) is 4.79 Å². The Morgan fingerprint density at radius 2 is 1.78 bits per heavy atom. The summed E-state index contributed by atoms with van der Waals surface area (Å²) in [5, 5.41) is 6.51. The van der Waals surface area contributed by atoms with Crippen LogP contribution in [0, 0.1) is 0 Å². The van der Waals surface area contributed by atoms with Crippen molar-refractivity contribution in [3.8, 4) is 5.75 Å². The van der Waals surface area contributed by atoms with E-state index in [1.807, 2.05) is 35.0 Å². The van der Waals surface area contributed by atoms with Crippen LogP contribution in [0.4, 0.5) is 5.69 Å². The Bertz CT molecular complexity index is 914. The largest absolute Gasteiger partial charge is 0.497 e. The van der Waals surface area contributed by atoms with Gasteiger partial charge in [-0.05, 0) is 53.2 Å². The van der Waals surface area contributed by atoms with Gasteiger partial charge in [0.15, 0.2) is 6.61 Å². The molecule has 0 aliphatic rings. The normalized spacial score (nSPS) is 11.1. The van der Waals surface area contributed by atoms with Crippen molar-refractivity contribution in [2.75, 3.05) is 19.0 Å². The summed E-state index contributed by atoms with van der Waals surface area (Å²) in [5.41, 5.74) is 1.04. The average Bonchev–Trinajstić information content (AvgIpc) is 3.38. The van der Waals surface area contributed by atoms with Gasteiger partial charge >= 0.3 is 5.97 Å². The van der Waals surface area contributed by atoms with E-state index in [1.165, 1.54) is 22.7 Å². The molecule has 2 heterocycles. The Kier molecular flexibility index (Phi) is 6.40. The molecule has 0 aliphatic carbocycles. The van der Waals surface area contributed by atoms with Crippen LogP contribution in [0.3, 0.4) is 0 Å². The average molecular weight is 399 g/mol. The fraction of sp³-hybridized carbons (Fsp3) is 0.100. The maximum absolute atomic E-state index is 12.5. The fourth-order valence-corrected chi connectivity index (χ4v) is 3.65. The van der Waals surface area contributed by atoms with Crippen molar-refractivity contribution in [3.63, 3.8) is 0 Å². The molecule has 0 atom stereocenters. The molecule has 1 amide bonds. The second-order valence-corrected chi connectivity index (χ2v) is 7.33. The molecule has 1 aromatic carbocycles. The van der Waals surface area contributed by atoms with E-state index in [0.29, 0.717) is 17.0 Å². The van der Waals surface area contributed by atoms with E-state index in [0.717, 1.165) is 9.75 Å². The molecular formula is C20H17NO4S2. The van der Waals surface area contributed by atoms with Gasteiger partial charge in [0.25, 0.3) is 5.91 Å². The van der Waals surface area contributed by atoms with Crippen LogP contribution in [0.1, 0.15) is 9.75 Å². The molecule has 0 saturated carbocycles. The third-order valence-corrected chi connectivity index (χ3v) is 5.27. The number of rotatable bonds is 7. The number of anilines is 1. The molecule has 3 aromatic rings. The maximum Gasteiger partial charge on any atom is 0.340 e. The summed E-state index contributed by atoms with van der Waals surface area (Å²) < 4.78 is 10.3. The van der Waals surface area contributed by atoms with E-state index >= 15 is 0 Å². The lowest BCUT2D eigenvalue weighted by Crippen LogP contribution is -2.21. The first kappa shape index (κ1) is 18.9. The summed E-state index contributed by atoms with van der Waals surface area (Å²) in [7, 11) is 1.57. The quantitative estimate of drug-likeness (QED) is 0.468. The molecule has 5 nitrogen and oxygen atoms in total. The molecule has 0 bridgehead atoms. The standard InChI is InChI=1S/C20H17NO4S2/c1-24-15-8-6-14(7-9-15)21-19(22)13-25-20(23)17(18-5-3-11-27-18)12-16-4-2-10-26-16/h2-12H,13H2,1H3,(H,21,22)/b17-12+. The van der Waals surface area contributed by atoms with Gasteiger partial charge in [0.1, 0.15) is 5.75 Å². The first-order valence-electron chi connectivity index (χ1n) is 8.06. The fourth-order valence-electron chi connectivity index (χ4n) is 2.26.